The highest BCUT2D eigenvalue weighted by Crippen LogP contribution is 2.31. The van der Waals surface area contributed by atoms with E-state index in [1.165, 1.54) is 5.57 Å². The number of aromatic nitrogens is 4. The van der Waals surface area contributed by atoms with Crippen molar-refractivity contribution >= 4 is 28.2 Å². The van der Waals surface area contributed by atoms with Gasteiger partial charge in [-0.15, -0.1) is 0 Å². The fourth-order valence-corrected chi connectivity index (χ4v) is 2.61. The number of allylic oxidation sites excluding steroid dienone is 1. The Morgan fingerprint density at radius 3 is 3.00 bits per heavy atom. The van der Waals surface area contributed by atoms with Crippen LogP contribution >= 0.6 is 11.6 Å². The fourth-order valence-electron chi connectivity index (χ4n) is 2.47. The minimum Gasteiger partial charge on any atom is -0.381 e. The molecule has 0 aliphatic heterocycles. The van der Waals surface area contributed by atoms with Crippen LogP contribution in [0.25, 0.3) is 16.6 Å². The van der Waals surface area contributed by atoms with E-state index < -0.39 is 0 Å². The second kappa shape index (κ2) is 4.90. The number of halogens is 1. The Hall–Kier alpha value is -1.46. The smallest absolute Gasteiger partial charge is 0.223 e. The standard InChI is InChI=1S/C13H15ClN4O/c1-18-10-7-15-13(14)16-12(10)11(17-18)8-3-5-9(19-2)6-4-8/h3,7,9H,4-6H2,1-2H3. The van der Waals surface area contributed by atoms with Gasteiger partial charge in [-0.2, -0.15) is 5.10 Å². The average molecular weight is 279 g/mol. The lowest BCUT2D eigenvalue weighted by Gasteiger charge is -2.19. The van der Waals surface area contributed by atoms with Crippen LogP contribution in [0.4, 0.5) is 0 Å². The van der Waals surface area contributed by atoms with Crippen LogP contribution in [-0.4, -0.2) is 33.0 Å². The van der Waals surface area contributed by atoms with E-state index in [0.29, 0.717) is 6.10 Å². The summed E-state index contributed by atoms with van der Waals surface area (Å²) < 4.78 is 7.17. The molecule has 0 fully saturated rings. The third-order valence-corrected chi connectivity index (χ3v) is 3.75. The maximum absolute atomic E-state index is 5.89. The van der Waals surface area contributed by atoms with Gasteiger partial charge in [0.1, 0.15) is 16.7 Å². The molecule has 0 bridgehead atoms. The van der Waals surface area contributed by atoms with Gasteiger partial charge in [-0.1, -0.05) is 6.08 Å². The van der Waals surface area contributed by atoms with Crippen molar-refractivity contribution < 1.29 is 4.74 Å². The summed E-state index contributed by atoms with van der Waals surface area (Å²) in [6.45, 7) is 0. The van der Waals surface area contributed by atoms with E-state index in [1.807, 2.05) is 7.05 Å². The number of hydrogen-bond acceptors (Lipinski definition) is 4. The number of fused-ring (bicyclic) bond motifs is 1. The molecule has 1 aliphatic carbocycles. The molecule has 6 heteroatoms. The van der Waals surface area contributed by atoms with E-state index in [9.17, 15) is 0 Å². The molecule has 3 rings (SSSR count). The van der Waals surface area contributed by atoms with E-state index >= 15 is 0 Å². The molecular weight excluding hydrogens is 264 g/mol. The highest BCUT2D eigenvalue weighted by molar-refractivity contribution is 6.28. The minimum atomic E-state index is 0.257. The Morgan fingerprint density at radius 1 is 1.47 bits per heavy atom. The Bertz CT molecular complexity index is 649. The largest absolute Gasteiger partial charge is 0.381 e. The van der Waals surface area contributed by atoms with E-state index in [4.69, 9.17) is 16.3 Å². The van der Waals surface area contributed by atoms with Crippen LogP contribution in [0.15, 0.2) is 12.3 Å². The lowest BCUT2D eigenvalue weighted by atomic mass is 9.94. The molecule has 5 nitrogen and oxygen atoms in total. The molecule has 19 heavy (non-hydrogen) atoms. The van der Waals surface area contributed by atoms with Gasteiger partial charge < -0.3 is 4.74 Å². The van der Waals surface area contributed by atoms with Crippen LogP contribution in [0, 0.1) is 0 Å². The lowest BCUT2D eigenvalue weighted by Crippen LogP contribution is -2.13. The predicted molar refractivity (Wildman–Crippen MR) is 73.9 cm³/mol. The number of methoxy groups -OCH3 is 1. The minimum absolute atomic E-state index is 0.257. The van der Waals surface area contributed by atoms with Gasteiger partial charge in [0, 0.05) is 14.2 Å². The highest BCUT2D eigenvalue weighted by Gasteiger charge is 2.20. The van der Waals surface area contributed by atoms with Gasteiger partial charge in [0.15, 0.2) is 0 Å². The van der Waals surface area contributed by atoms with E-state index in [2.05, 4.69) is 21.1 Å². The molecule has 0 saturated heterocycles. The summed E-state index contributed by atoms with van der Waals surface area (Å²) >= 11 is 5.89. The molecule has 2 heterocycles. The topological polar surface area (TPSA) is 52.8 Å². The monoisotopic (exact) mass is 278 g/mol. The SMILES string of the molecule is COC1CC=C(c2nn(C)c3cnc(Cl)nc23)CC1. The molecule has 0 aromatic carbocycles. The molecule has 1 atom stereocenters. The Morgan fingerprint density at radius 2 is 2.32 bits per heavy atom. The number of ether oxygens (including phenoxy) is 1. The first-order chi connectivity index (χ1) is 9.19. The first-order valence-corrected chi connectivity index (χ1v) is 6.64. The number of rotatable bonds is 2. The molecule has 2 aromatic rings. The summed E-state index contributed by atoms with van der Waals surface area (Å²) in [7, 11) is 3.65. The van der Waals surface area contributed by atoms with Crippen molar-refractivity contribution in [3.8, 4) is 0 Å². The third-order valence-electron chi connectivity index (χ3n) is 3.56. The van der Waals surface area contributed by atoms with Crippen molar-refractivity contribution in [3.05, 3.63) is 23.3 Å². The van der Waals surface area contributed by atoms with Crippen molar-refractivity contribution in [2.45, 2.75) is 25.4 Å². The zero-order valence-corrected chi connectivity index (χ0v) is 11.7. The second-order valence-electron chi connectivity index (χ2n) is 4.71. The first kappa shape index (κ1) is 12.6. The van der Waals surface area contributed by atoms with Crippen LogP contribution in [0.1, 0.15) is 25.0 Å². The number of hydrogen-bond donors (Lipinski definition) is 0. The van der Waals surface area contributed by atoms with Gasteiger partial charge in [-0.3, -0.25) is 4.68 Å². The average Bonchev–Trinajstić information content (AvgIpc) is 2.75. The molecule has 0 radical (unpaired) electrons. The zero-order chi connectivity index (χ0) is 13.4. The first-order valence-electron chi connectivity index (χ1n) is 6.26. The van der Waals surface area contributed by atoms with Crippen molar-refractivity contribution in [2.24, 2.45) is 7.05 Å². The summed E-state index contributed by atoms with van der Waals surface area (Å²) in [4.78, 5) is 8.32. The van der Waals surface area contributed by atoms with Gasteiger partial charge >= 0.3 is 0 Å². The Labute approximate surface area is 116 Å². The van der Waals surface area contributed by atoms with Crippen LogP contribution in [0.5, 0.6) is 0 Å². The van der Waals surface area contributed by atoms with Gasteiger partial charge in [0.2, 0.25) is 5.28 Å². The van der Waals surface area contributed by atoms with Gasteiger partial charge in [-0.05, 0) is 36.4 Å². The second-order valence-corrected chi connectivity index (χ2v) is 5.04. The molecule has 0 amide bonds. The van der Waals surface area contributed by atoms with Gasteiger partial charge in [0.25, 0.3) is 0 Å². The van der Waals surface area contributed by atoms with Crippen molar-refractivity contribution in [1.82, 2.24) is 19.7 Å². The summed E-state index contributed by atoms with van der Waals surface area (Å²) in [6, 6.07) is 0. The zero-order valence-electron chi connectivity index (χ0n) is 10.9. The van der Waals surface area contributed by atoms with Crippen molar-refractivity contribution in [3.63, 3.8) is 0 Å². The molecular formula is C13H15ClN4O. The van der Waals surface area contributed by atoms with Crippen LogP contribution < -0.4 is 0 Å². The summed E-state index contributed by atoms with van der Waals surface area (Å²) in [6.07, 6.45) is 7.10. The maximum Gasteiger partial charge on any atom is 0.223 e. The maximum atomic E-state index is 5.89. The Kier molecular flexibility index (Phi) is 3.24. The van der Waals surface area contributed by atoms with Crippen LogP contribution in [-0.2, 0) is 11.8 Å². The van der Waals surface area contributed by atoms with Crippen molar-refractivity contribution in [1.29, 1.82) is 0 Å². The predicted octanol–water partition coefficient (Wildman–Crippen LogP) is 2.60. The quantitative estimate of drug-likeness (QED) is 0.793. The molecule has 0 spiro atoms. The number of aryl methyl sites for hydroxylation is 1. The highest BCUT2D eigenvalue weighted by atomic mass is 35.5. The Balaban J connectivity index is 2.06. The number of nitrogens with zero attached hydrogens (tertiary/aromatic N) is 4. The molecule has 1 unspecified atom stereocenters. The van der Waals surface area contributed by atoms with Gasteiger partial charge in [0.05, 0.1) is 12.3 Å². The van der Waals surface area contributed by atoms with E-state index in [-0.39, 0.29) is 5.28 Å². The molecule has 1 aliphatic rings. The summed E-state index contributed by atoms with van der Waals surface area (Å²) in [5.41, 5.74) is 3.85. The van der Waals surface area contributed by atoms with Crippen molar-refractivity contribution in [2.75, 3.05) is 7.11 Å². The summed E-state index contributed by atoms with van der Waals surface area (Å²) in [5, 5.41) is 4.81. The summed E-state index contributed by atoms with van der Waals surface area (Å²) in [5.74, 6) is 0. The third kappa shape index (κ3) is 2.24. The lowest BCUT2D eigenvalue weighted by molar-refractivity contribution is 0.0964. The fraction of sp³-hybridized carbons (Fsp3) is 0.462. The van der Waals surface area contributed by atoms with Gasteiger partial charge in [-0.25, -0.2) is 9.97 Å². The molecule has 0 N–H and O–H groups in total. The van der Waals surface area contributed by atoms with E-state index in [1.54, 1.807) is 18.0 Å². The molecule has 2 aromatic heterocycles. The van der Waals surface area contributed by atoms with Crippen LogP contribution in [0.3, 0.4) is 0 Å². The van der Waals surface area contributed by atoms with E-state index in [0.717, 1.165) is 36.0 Å². The van der Waals surface area contributed by atoms with Crippen LogP contribution in [0.2, 0.25) is 5.28 Å². The molecule has 0 saturated carbocycles. The normalized spacial score (nSPS) is 19.7. The molecule has 100 valence electrons.